The molecule has 7 heteroatoms. The maximum absolute atomic E-state index is 12.3. The van der Waals surface area contributed by atoms with Gasteiger partial charge in [0, 0.05) is 53.5 Å². The molecule has 0 radical (unpaired) electrons. The minimum Gasteiger partial charge on any atom is -0.352 e. The van der Waals surface area contributed by atoms with Crippen molar-refractivity contribution in [3.63, 3.8) is 0 Å². The predicted molar refractivity (Wildman–Crippen MR) is 109 cm³/mol. The summed E-state index contributed by atoms with van der Waals surface area (Å²) in [4.78, 5) is 32.7. The third-order valence-corrected chi connectivity index (χ3v) is 5.42. The zero-order valence-corrected chi connectivity index (χ0v) is 16.0. The quantitative estimate of drug-likeness (QED) is 0.644. The lowest BCUT2D eigenvalue weighted by Crippen LogP contribution is -2.25. The highest BCUT2D eigenvalue weighted by molar-refractivity contribution is 7.09. The molecule has 0 aliphatic heterocycles. The van der Waals surface area contributed by atoms with Crippen molar-refractivity contribution in [2.75, 3.05) is 11.9 Å². The SMILES string of the molecule is O=C(NCCc1nc(-c2ccncc2)cs1)c1ccc(NC(=O)C2CC2)cc1. The molecule has 0 unspecified atom stereocenters. The Labute approximate surface area is 167 Å². The van der Waals surface area contributed by atoms with Crippen LogP contribution in [-0.2, 0) is 11.2 Å². The highest BCUT2D eigenvalue weighted by atomic mass is 32.1. The van der Waals surface area contributed by atoms with Gasteiger partial charge in [0.05, 0.1) is 10.7 Å². The van der Waals surface area contributed by atoms with Crippen molar-refractivity contribution in [2.24, 2.45) is 5.92 Å². The summed E-state index contributed by atoms with van der Waals surface area (Å²) in [6.07, 6.45) is 6.11. The molecule has 1 aromatic carbocycles. The van der Waals surface area contributed by atoms with Gasteiger partial charge in [0.25, 0.3) is 5.91 Å². The van der Waals surface area contributed by atoms with Crippen LogP contribution in [0, 0.1) is 5.92 Å². The summed E-state index contributed by atoms with van der Waals surface area (Å²) in [5.41, 5.74) is 3.26. The third-order valence-electron chi connectivity index (χ3n) is 4.52. The van der Waals surface area contributed by atoms with Crippen LogP contribution in [0.5, 0.6) is 0 Å². The number of nitrogens with zero attached hydrogens (tertiary/aromatic N) is 2. The van der Waals surface area contributed by atoms with E-state index in [1.54, 1.807) is 48.0 Å². The van der Waals surface area contributed by atoms with Gasteiger partial charge in [0.1, 0.15) is 0 Å². The van der Waals surface area contributed by atoms with Gasteiger partial charge in [-0.2, -0.15) is 0 Å². The van der Waals surface area contributed by atoms with Crippen molar-refractivity contribution < 1.29 is 9.59 Å². The molecule has 2 heterocycles. The highest BCUT2D eigenvalue weighted by Gasteiger charge is 2.29. The van der Waals surface area contributed by atoms with Crippen LogP contribution in [0.2, 0.25) is 0 Å². The van der Waals surface area contributed by atoms with Gasteiger partial charge in [-0.25, -0.2) is 4.98 Å². The molecule has 0 bridgehead atoms. The fourth-order valence-corrected chi connectivity index (χ4v) is 3.57. The van der Waals surface area contributed by atoms with Crippen molar-refractivity contribution in [2.45, 2.75) is 19.3 Å². The molecule has 1 aliphatic rings. The lowest BCUT2D eigenvalue weighted by molar-refractivity contribution is -0.117. The van der Waals surface area contributed by atoms with E-state index in [1.807, 2.05) is 17.5 Å². The fraction of sp³-hybridized carbons (Fsp3) is 0.238. The summed E-state index contributed by atoms with van der Waals surface area (Å²) < 4.78 is 0. The topological polar surface area (TPSA) is 84.0 Å². The maximum atomic E-state index is 12.3. The standard InChI is InChI=1S/C21H20N4O2S/c26-20(15-3-5-17(6-4-15)24-21(27)16-1-2-16)23-12-9-19-25-18(13-28-19)14-7-10-22-11-8-14/h3-8,10-11,13,16H,1-2,9,12H2,(H,23,26)(H,24,27). The van der Waals surface area contributed by atoms with Crippen molar-refractivity contribution in [3.05, 3.63) is 64.7 Å². The van der Waals surface area contributed by atoms with E-state index in [9.17, 15) is 9.59 Å². The van der Waals surface area contributed by atoms with Crippen LogP contribution in [0.15, 0.2) is 54.2 Å². The largest absolute Gasteiger partial charge is 0.352 e. The Hall–Kier alpha value is -3.06. The summed E-state index contributed by atoms with van der Waals surface area (Å²) in [5.74, 6) is 0.0886. The van der Waals surface area contributed by atoms with Crippen molar-refractivity contribution in [3.8, 4) is 11.3 Å². The number of anilines is 1. The minimum atomic E-state index is -0.133. The van der Waals surface area contributed by atoms with Gasteiger partial charge in [-0.1, -0.05) is 0 Å². The first-order chi connectivity index (χ1) is 13.7. The lowest BCUT2D eigenvalue weighted by Gasteiger charge is -2.07. The number of pyridine rings is 1. The van der Waals surface area contributed by atoms with Crippen molar-refractivity contribution in [1.29, 1.82) is 0 Å². The van der Waals surface area contributed by atoms with E-state index in [2.05, 4.69) is 20.6 Å². The van der Waals surface area contributed by atoms with E-state index in [0.29, 0.717) is 18.5 Å². The molecule has 4 rings (SSSR count). The molecular weight excluding hydrogens is 372 g/mol. The third kappa shape index (κ3) is 4.61. The average Bonchev–Trinajstić information content (AvgIpc) is 3.48. The molecule has 142 valence electrons. The highest BCUT2D eigenvalue weighted by Crippen LogP contribution is 2.30. The van der Waals surface area contributed by atoms with Gasteiger partial charge in [-0.3, -0.25) is 14.6 Å². The molecule has 1 fully saturated rings. The van der Waals surface area contributed by atoms with Gasteiger partial charge in [0.2, 0.25) is 5.91 Å². The summed E-state index contributed by atoms with van der Waals surface area (Å²) in [6.45, 7) is 0.516. The predicted octanol–water partition coefficient (Wildman–Crippen LogP) is 3.53. The Balaban J connectivity index is 1.26. The first kappa shape index (κ1) is 18.3. The Morgan fingerprint density at radius 1 is 1.07 bits per heavy atom. The zero-order chi connectivity index (χ0) is 19.3. The van der Waals surface area contributed by atoms with E-state index in [-0.39, 0.29) is 17.7 Å². The number of hydrogen-bond donors (Lipinski definition) is 2. The lowest BCUT2D eigenvalue weighted by atomic mass is 10.2. The molecule has 3 aromatic rings. The molecule has 28 heavy (non-hydrogen) atoms. The molecule has 0 spiro atoms. The van der Waals surface area contributed by atoms with Crippen LogP contribution in [-0.4, -0.2) is 28.3 Å². The Morgan fingerprint density at radius 3 is 2.54 bits per heavy atom. The maximum Gasteiger partial charge on any atom is 0.251 e. The number of benzene rings is 1. The first-order valence-corrected chi connectivity index (χ1v) is 10.1. The molecule has 2 amide bonds. The second-order valence-electron chi connectivity index (χ2n) is 6.71. The van der Waals surface area contributed by atoms with Gasteiger partial charge in [-0.05, 0) is 49.2 Å². The molecule has 0 saturated heterocycles. The van der Waals surface area contributed by atoms with Crippen LogP contribution in [0.3, 0.4) is 0 Å². The second-order valence-corrected chi connectivity index (χ2v) is 7.65. The normalized spacial score (nSPS) is 13.1. The van der Waals surface area contributed by atoms with Crippen LogP contribution < -0.4 is 10.6 Å². The molecule has 6 nitrogen and oxygen atoms in total. The monoisotopic (exact) mass is 392 g/mol. The smallest absolute Gasteiger partial charge is 0.251 e. The van der Waals surface area contributed by atoms with Crippen LogP contribution >= 0.6 is 11.3 Å². The van der Waals surface area contributed by atoms with E-state index >= 15 is 0 Å². The number of thiazole rings is 1. The molecule has 1 saturated carbocycles. The number of carbonyl (C=O) groups excluding carboxylic acids is 2. The fourth-order valence-electron chi connectivity index (χ4n) is 2.76. The number of aromatic nitrogens is 2. The minimum absolute atomic E-state index is 0.0618. The summed E-state index contributed by atoms with van der Waals surface area (Å²) in [6, 6.07) is 10.8. The molecule has 1 aliphatic carbocycles. The van der Waals surface area contributed by atoms with E-state index in [0.717, 1.165) is 34.8 Å². The first-order valence-electron chi connectivity index (χ1n) is 9.23. The molecule has 0 atom stereocenters. The van der Waals surface area contributed by atoms with Gasteiger partial charge in [0.15, 0.2) is 0 Å². The van der Waals surface area contributed by atoms with Crippen molar-refractivity contribution >= 4 is 28.8 Å². The zero-order valence-electron chi connectivity index (χ0n) is 15.2. The van der Waals surface area contributed by atoms with Crippen LogP contribution in [0.4, 0.5) is 5.69 Å². The Kier molecular flexibility index (Phi) is 5.43. The number of hydrogen-bond acceptors (Lipinski definition) is 5. The number of carbonyl (C=O) groups is 2. The number of rotatable bonds is 7. The van der Waals surface area contributed by atoms with E-state index in [4.69, 9.17) is 0 Å². The number of amides is 2. The Bertz CT molecular complexity index is 966. The van der Waals surface area contributed by atoms with E-state index < -0.39 is 0 Å². The Morgan fingerprint density at radius 2 is 1.82 bits per heavy atom. The van der Waals surface area contributed by atoms with E-state index in [1.165, 1.54) is 0 Å². The molecule has 2 N–H and O–H groups in total. The van der Waals surface area contributed by atoms with Crippen LogP contribution in [0.25, 0.3) is 11.3 Å². The van der Waals surface area contributed by atoms with Gasteiger partial charge >= 0.3 is 0 Å². The molecular formula is C21H20N4O2S. The average molecular weight is 392 g/mol. The van der Waals surface area contributed by atoms with Gasteiger partial charge < -0.3 is 10.6 Å². The second kappa shape index (κ2) is 8.31. The number of nitrogens with one attached hydrogen (secondary N) is 2. The summed E-state index contributed by atoms with van der Waals surface area (Å²) >= 11 is 1.58. The van der Waals surface area contributed by atoms with Crippen molar-refractivity contribution in [1.82, 2.24) is 15.3 Å². The van der Waals surface area contributed by atoms with Crippen LogP contribution in [0.1, 0.15) is 28.2 Å². The summed E-state index contributed by atoms with van der Waals surface area (Å²) in [5, 5.41) is 8.78. The van der Waals surface area contributed by atoms with Gasteiger partial charge in [-0.15, -0.1) is 11.3 Å². The molecule has 2 aromatic heterocycles. The summed E-state index contributed by atoms with van der Waals surface area (Å²) in [7, 11) is 0.